The van der Waals surface area contributed by atoms with Crippen molar-refractivity contribution in [1.29, 1.82) is 0 Å². The molecule has 1 aliphatic heterocycles. The number of methoxy groups -OCH3 is 1. The minimum Gasteiger partial charge on any atom is -0.496 e. The van der Waals surface area contributed by atoms with Crippen LogP contribution in [-0.4, -0.2) is 24.1 Å². The largest absolute Gasteiger partial charge is 0.496 e. The third kappa shape index (κ3) is 3.95. The predicted octanol–water partition coefficient (Wildman–Crippen LogP) is 3.82. The summed E-state index contributed by atoms with van der Waals surface area (Å²) < 4.78 is 5.50. The van der Waals surface area contributed by atoms with Crippen molar-refractivity contribution in [2.24, 2.45) is 16.6 Å². The number of benzene rings is 1. The summed E-state index contributed by atoms with van der Waals surface area (Å²) in [4.78, 5) is 17.8. The second-order valence-electron chi connectivity index (χ2n) is 8.05. The highest BCUT2D eigenvalue weighted by Crippen LogP contribution is 2.34. The fourth-order valence-corrected chi connectivity index (χ4v) is 4.23. The van der Waals surface area contributed by atoms with Crippen molar-refractivity contribution in [3.05, 3.63) is 28.8 Å². The van der Waals surface area contributed by atoms with Crippen molar-refractivity contribution in [2.75, 3.05) is 7.11 Å². The molecular formula is C21H30N2O2. The summed E-state index contributed by atoms with van der Waals surface area (Å²) in [5, 5.41) is 0. The quantitative estimate of drug-likeness (QED) is 0.885. The third-order valence-corrected chi connectivity index (χ3v) is 5.50. The number of ketones is 1. The smallest absolute Gasteiger partial charge is 0.141 e. The molecule has 0 radical (unpaired) electrons. The Kier molecular flexibility index (Phi) is 5.28. The first kappa shape index (κ1) is 18.1. The molecule has 1 heterocycles. The van der Waals surface area contributed by atoms with Crippen LogP contribution in [0.3, 0.4) is 0 Å². The molecule has 0 spiro atoms. The maximum absolute atomic E-state index is 12.8. The zero-order valence-corrected chi connectivity index (χ0v) is 15.7. The molecule has 136 valence electrons. The van der Waals surface area contributed by atoms with E-state index in [0.29, 0.717) is 18.7 Å². The van der Waals surface area contributed by atoms with Crippen LogP contribution in [0.1, 0.15) is 69.1 Å². The molecule has 1 aromatic rings. The van der Waals surface area contributed by atoms with Crippen LogP contribution in [0.25, 0.3) is 0 Å². The van der Waals surface area contributed by atoms with Gasteiger partial charge in [0.05, 0.1) is 18.4 Å². The normalized spacial score (nSPS) is 19.9. The lowest BCUT2D eigenvalue weighted by molar-refractivity contribution is -0.122. The van der Waals surface area contributed by atoms with Gasteiger partial charge in [0.15, 0.2) is 0 Å². The maximum Gasteiger partial charge on any atom is 0.141 e. The van der Waals surface area contributed by atoms with Gasteiger partial charge in [-0.25, -0.2) is 0 Å². The van der Waals surface area contributed by atoms with Crippen molar-refractivity contribution in [3.8, 4) is 5.75 Å². The molecule has 4 nitrogen and oxygen atoms in total. The predicted molar refractivity (Wildman–Crippen MR) is 101 cm³/mol. The number of fused-ring (bicyclic) bond motifs is 1. The Bertz CT molecular complexity index is 685. The van der Waals surface area contributed by atoms with Crippen LogP contribution in [-0.2, 0) is 17.8 Å². The molecule has 25 heavy (non-hydrogen) atoms. The van der Waals surface area contributed by atoms with Crippen LogP contribution < -0.4 is 10.5 Å². The van der Waals surface area contributed by atoms with Gasteiger partial charge in [0.25, 0.3) is 0 Å². The van der Waals surface area contributed by atoms with E-state index < -0.39 is 0 Å². The van der Waals surface area contributed by atoms with Crippen molar-refractivity contribution in [2.45, 2.75) is 70.9 Å². The van der Waals surface area contributed by atoms with E-state index in [2.05, 4.69) is 26.0 Å². The Hall–Kier alpha value is -1.68. The molecule has 0 amide bonds. The van der Waals surface area contributed by atoms with Crippen LogP contribution in [0.2, 0.25) is 0 Å². The number of nitrogens with two attached hydrogens (primary N) is 1. The zero-order valence-electron chi connectivity index (χ0n) is 15.7. The van der Waals surface area contributed by atoms with Crippen molar-refractivity contribution in [1.82, 2.24) is 0 Å². The lowest BCUT2D eigenvalue weighted by Gasteiger charge is -2.30. The van der Waals surface area contributed by atoms with E-state index in [9.17, 15) is 4.79 Å². The van der Waals surface area contributed by atoms with Crippen LogP contribution in [0.5, 0.6) is 5.75 Å². The summed E-state index contributed by atoms with van der Waals surface area (Å²) in [5.41, 5.74) is 9.90. The lowest BCUT2D eigenvalue weighted by Crippen LogP contribution is -2.31. The topological polar surface area (TPSA) is 64.7 Å². The van der Waals surface area contributed by atoms with Gasteiger partial charge in [-0.2, -0.15) is 0 Å². The number of Topliss-reactive ketones (excluding diaryl/α,β-unsaturated/α-hetero) is 1. The number of ether oxygens (including phenoxy) is 1. The Morgan fingerprint density at radius 3 is 2.64 bits per heavy atom. The maximum atomic E-state index is 12.8. The van der Waals surface area contributed by atoms with Gasteiger partial charge in [-0.1, -0.05) is 19.3 Å². The van der Waals surface area contributed by atoms with Crippen LogP contribution in [0.4, 0.5) is 0 Å². The monoisotopic (exact) mass is 342 g/mol. The van der Waals surface area contributed by atoms with Gasteiger partial charge >= 0.3 is 0 Å². The number of aliphatic imine (C=N–C) groups is 1. The molecule has 1 saturated carbocycles. The molecule has 2 N–H and O–H groups in total. The van der Waals surface area contributed by atoms with Gasteiger partial charge in [-0.3, -0.25) is 9.79 Å². The molecule has 0 aromatic heterocycles. The average molecular weight is 342 g/mol. The molecule has 0 bridgehead atoms. The summed E-state index contributed by atoms with van der Waals surface area (Å²) in [6, 6.07) is 4.16. The average Bonchev–Trinajstić information content (AvgIpc) is 2.60. The van der Waals surface area contributed by atoms with Gasteiger partial charge < -0.3 is 10.5 Å². The zero-order chi connectivity index (χ0) is 18.0. The highest BCUT2D eigenvalue weighted by molar-refractivity contribution is 6.13. The molecule has 1 fully saturated rings. The van der Waals surface area contributed by atoms with Gasteiger partial charge in [0.1, 0.15) is 11.5 Å². The number of carbonyl (C=O) groups excluding carboxylic acids is 1. The van der Waals surface area contributed by atoms with E-state index in [-0.39, 0.29) is 11.5 Å². The lowest BCUT2D eigenvalue weighted by atomic mass is 9.81. The Balaban J connectivity index is 1.92. The Morgan fingerprint density at radius 2 is 2.00 bits per heavy atom. The highest BCUT2D eigenvalue weighted by Gasteiger charge is 2.30. The molecule has 0 atom stereocenters. The summed E-state index contributed by atoms with van der Waals surface area (Å²) in [6.45, 7) is 4.68. The summed E-state index contributed by atoms with van der Waals surface area (Å²) in [6.07, 6.45) is 7.00. The first-order valence-electron chi connectivity index (χ1n) is 9.45. The number of carbonyl (C=O) groups is 1. The fraction of sp³-hybridized carbons (Fsp3) is 0.619. The standard InChI is InChI=1S/C21H30N2O2/c1-21(2)12-15-10-20(25-3)16(13-22)9-17(15)18(23-21)11-19(24)14-7-5-4-6-8-14/h9-10,14H,4-8,11-13,22H2,1-3H3. The fourth-order valence-electron chi connectivity index (χ4n) is 4.23. The molecule has 0 unspecified atom stereocenters. The third-order valence-electron chi connectivity index (χ3n) is 5.50. The number of nitrogens with zero attached hydrogens (tertiary/aromatic N) is 1. The molecule has 4 heteroatoms. The van der Waals surface area contributed by atoms with Gasteiger partial charge in [-0.05, 0) is 56.4 Å². The number of hydrogen-bond acceptors (Lipinski definition) is 4. The van der Waals surface area contributed by atoms with Gasteiger partial charge in [-0.15, -0.1) is 0 Å². The van der Waals surface area contributed by atoms with Crippen molar-refractivity contribution in [3.63, 3.8) is 0 Å². The first-order valence-corrected chi connectivity index (χ1v) is 9.45. The van der Waals surface area contributed by atoms with Gasteiger partial charge in [0.2, 0.25) is 0 Å². The summed E-state index contributed by atoms with van der Waals surface area (Å²) in [7, 11) is 1.68. The van der Waals surface area contributed by atoms with Crippen LogP contribution in [0, 0.1) is 5.92 Å². The molecule has 3 rings (SSSR count). The van der Waals surface area contributed by atoms with Crippen LogP contribution in [0.15, 0.2) is 17.1 Å². The second-order valence-corrected chi connectivity index (χ2v) is 8.05. The van der Waals surface area contributed by atoms with Crippen LogP contribution >= 0.6 is 0 Å². The van der Waals surface area contributed by atoms with E-state index in [1.54, 1.807) is 7.11 Å². The Labute approximate surface area is 150 Å². The molecule has 0 saturated heterocycles. The van der Waals surface area contributed by atoms with E-state index >= 15 is 0 Å². The van der Waals surface area contributed by atoms with Gasteiger partial charge in [0, 0.05) is 24.4 Å². The van der Waals surface area contributed by atoms with E-state index in [0.717, 1.165) is 41.9 Å². The van der Waals surface area contributed by atoms with E-state index in [1.807, 2.05) is 0 Å². The highest BCUT2D eigenvalue weighted by atomic mass is 16.5. The number of hydrogen-bond donors (Lipinski definition) is 1. The molecule has 1 aromatic carbocycles. The molecular weight excluding hydrogens is 312 g/mol. The minimum absolute atomic E-state index is 0.190. The molecule has 2 aliphatic rings. The van der Waals surface area contributed by atoms with Crippen molar-refractivity contribution >= 4 is 11.5 Å². The summed E-state index contributed by atoms with van der Waals surface area (Å²) in [5.74, 6) is 1.40. The van der Waals surface area contributed by atoms with E-state index in [1.165, 1.54) is 24.8 Å². The molecule has 1 aliphatic carbocycles. The summed E-state index contributed by atoms with van der Waals surface area (Å²) >= 11 is 0. The first-order chi connectivity index (χ1) is 11.9. The minimum atomic E-state index is -0.190. The van der Waals surface area contributed by atoms with Crippen molar-refractivity contribution < 1.29 is 9.53 Å². The number of rotatable bonds is 5. The second kappa shape index (κ2) is 7.28. The van der Waals surface area contributed by atoms with E-state index in [4.69, 9.17) is 15.5 Å². The Morgan fingerprint density at radius 1 is 1.28 bits per heavy atom. The SMILES string of the molecule is COc1cc2c(cc1CN)C(CC(=O)C1CCCCC1)=NC(C)(C)C2.